The molecule has 4 rings (SSSR count). The van der Waals surface area contributed by atoms with Gasteiger partial charge in [0.25, 0.3) is 5.78 Å². The van der Waals surface area contributed by atoms with Crippen LogP contribution < -0.4 is 9.64 Å². The lowest BCUT2D eigenvalue weighted by atomic mass is 9.94. The van der Waals surface area contributed by atoms with Gasteiger partial charge in [-0.2, -0.15) is 0 Å². The van der Waals surface area contributed by atoms with Gasteiger partial charge in [0, 0.05) is 5.56 Å². The number of hydrogen-bond donors (Lipinski definition) is 1. The van der Waals surface area contributed by atoms with Crippen molar-refractivity contribution in [1.29, 1.82) is 0 Å². The number of hydrogen-bond acceptors (Lipinski definition) is 8. The molecule has 1 saturated heterocycles. The third-order valence-electron chi connectivity index (χ3n) is 6.15. The predicted octanol–water partition coefficient (Wildman–Crippen LogP) is 5.60. The molecule has 1 unspecified atom stereocenters. The first-order chi connectivity index (χ1) is 18.7. The number of aryl methyl sites for hydroxylation is 3. The third kappa shape index (κ3) is 5.39. The van der Waals surface area contributed by atoms with Crippen molar-refractivity contribution in [2.75, 3.05) is 18.1 Å². The Labute approximate surface area is 230 Å². The average molecular weight is 545 g/mol. The molecule has 1 atom stereocenters. The smallest absolute Gasteiger partial charge is 0.350 e. The molecule has 0 radical (unpaired) electrons. The summed E-state index contributed by atoms with van der Waals surface area (Å²) in [6.45, 7) is 12.9. The van der Waals surface area contributed by atoms with Crippen LogP contribution in [0.1, 0.15) is 43.7 Å². The zero-order valence-corrected chi connectivity index (χ0v) is 22.7. The van der Waals surface area contributed by atoms with Crippen molar-refractivity contribution in [2.24, 2.45) is 0 Å². The molecule has 0 saturated carbocycles. The van der Waals surface area contributed by atoms with Gasteiger partial charge >= 0.3 is 11.9 Å². The van der Waals surface area contributed by atoms with Crippen LogP contribution in [0.2, 0.25) is 0 Å². The van der Waals surface area contributed by atoms with Crippen LogP contribution in [-0.2, 0) is 14.3 Å². The Kier molecular flexibility index (Phi) is 8.11. The summed E-state index contributed by atoms with van der Waals surface area (Å²) < 4.78 is 10.8. The summed E-state index contributed by atoms with van der Waals surface area (Å²) in [6, 6.07) is 11.3. The molecule has 1 aliphatic heterocycles. The molecule has 9 heteroatoms. The highest BCUT2D eigenvalue weighted by Crippen LogP contribution is 2.44. The minimum atomic E-state index is -0.967. The number of nitrogens with zero attached hydrogens (tertiary/aromatic N) is 2. The van der Waals surface area contributed by atoms with E-state index in [1.54, 1.807) is 43.3 Å². The summed E-state index contributed by atoms with van der Waals surface area (Å²) in [4.78, 5) is 45.3. The molecule has 200 valence electrons. The van der Waals surface area contributed by atoms with Gasteiger partial charge in [-0.3, -0.25) is 14.5 Å². The monoisotopic (exact) mass is 544 g/mol. The number of benzene rings is 2. The molecule has 1 N–H and O–H groups in total. The summed E-state index contributed by atoms with van der Waals surface area (Å²) in [5.41, 5.74) is 2.97. The van der Waals surface area contributed by atoms with E-state index in [9.17, 15) is 19.5 Å². The lowest BCUT2D eigenvalue weighted by Gasteiger charge is -2.23. The van der Waals surface area contributed by atoms with Crippen LogP contribution >= 0.6 is 11.3 Å². The number of aliphatic hydroxyl groups is 1. The number of ether oxygens (including phenoxy) is 2. The number of rotatable bonds is 9. The van der Waals surface area contributed by atoms with E-state index in [0.29, 0.717) is 29.2 Å². The lowest BCUT2D eigenvalue weighted by Crippen LogP contribution is -2.29. The van der Waals surface area contributed by atoms with Gasteiger partial charge in [-0.05, 0) is 50.1 Å². The van der Waals surface area contributed by atoms with Crippen molar-refractivity contribution < 1.29 is 29.0 Å². The van der Waals surface area contributed by atoms with E-state index in [2.05, 4.69) is 18.1 Å². The topological polar surface area (TPSA) is 106 Å². The minimum absolute atomic E-state index is 0.0240. The minimum Gasteiger partial charge on any atom is -0.507 e. The fourth-order valence-corrected chi connectivity index (χ4v) is 5.22. The van der Waals surface area contributed by atoms with Gasteiger partial charge in [-0.15, -0.1) is 0 Å². The van der Waals surface area contributed by atoms with Crippen LogP contribution in [-0.4, -0.2) is 41.0 Å². The highest BCUT2D eigenvalue weighted by atomic mass is 32.1. The molecule has 1 aromatic heterocycles. The number of carbonyl (C=O) groups is 3. The lowest BCUT2D eigenvalue weighted by molar-refractivity contribution is -0.132. The summed E-state index contributed by atoms with van der Waals surface area (Å²) in [7, 11) is 0. The first kappa shape index (κ1) is 27.5. The van der Waals surface area contributed by atoms with Crippen LogP contribution in [0.4, 0.5) is 5.13 Å². The molecule has 2 aromatic carbocycles. The highest BCUT2D eigenvalue weighted by Gasteiger charge is 2.48. The summed E-state index contributed by atoms with van der Waals surface area (Å²) in [6.07, 6.45) is 3.08. The number of aromatic nitrogens is 1. The maximum absolute atomic E-state index is 13.4. The number of Topliss-reactive ketones (excluding diaryl/α,β-unsaturated/α-hetero) is 1. The Hall–Kier alpha value is -4.50. The Balaban J connectivity index is 1.85. The van der Waals surface area contributed by atoms with E-state index in [1.165, 1.54) is 11.0 Å². The largest absolute Gasteiger partial charge is 0.507 e. The molecule has 0 bridgehead atoms. The van der Waals surface area contributed by atoms with Crippen LogP contribution in [0.5, 0.6) is 5.75 Å². The summed E-state index contributed by atoms with van der Waals surface area (Å²) >= 11 is 0.948. The zero-order valence-electron chi connectivity index (χ0n) is 21.9. The molecule has 1 amide bonds. The van der Waals surface area contributed by atoms with E-state index in [4.69, 9.17) is 9.47 Å². The Morgan fingerprint density at radius 2 is 1.77 bits per heavy atom. The molecule has 8 nitrogen and oxygen atoms in total. The first-order valence-corrected chi connectivity index (χ1v) is 13.0. The van der Waals surface area contributed by atoms with Gasteiger partial charge in [-0.1, -0.05) is 66.5 Å². The number of amides is 1. The quantitative estimate of drug-likeness (QED) is 0.123. The average Bonchev–Trinajstić information content (AvgIpc) is 3.43. The van der Waals surface area contributed by atoms with Gasteiger partial charge in [0.2, 0.25) is 0 Å². The van der Waals surface area contributed by atoms with Crippen LogP contribution in [0.15, 0.2) is 73.3 Å². The fraction of sp³-hybridized carbons (Fsp3) is 0.200. The number of aliphatic hydroxyl groups excluding tert-OH is 1. The van der Waals surface area contributed by atoms with E-state index in [0.717, 1.165) is 22.5 Å². The van der Waals surface area contributed by atoms with E-state index < -0.39 is 23.7 Å². The predicted molar refractivity (Wildman–Crippen MR) is 150 cm³/mol. The standard InChI is InChI=1S/C30H28N2O6S/c1-6-14-37-22-13-12-21(16-18(22)4)25(33)23-24(20-10-8-17(3)9-11-20)32(28(35)26(23)34)30-31-19(5)27(39-30)29(36)38-15-7-2/h6-13,16,24,33H,1-2,14-15H2,3-5H3. The van der Waals surface area contributed by atoms with Gasteiger partial charge < -0.3 is 14.6 Å². The highest BCUT2D eigenvalue weighted by molar-refractivity contribution is 7.17. The van der Waals surface area contributed by atoms with E-state index >= 15 is 0 Å². The molecule has 1 aliphatic rings. The fourth-order valence-electron chi connectivity index (χ4n) is 4.23. The Morgan fingerprint density at radius 1 is 1.08 bits per heavy atom. The Morgan fingerprint density at radius 3 is 2.41 bits per heavy atom. The third-order valence-corrected chi connectivity index (χ3v) is 7.29. The van der Waals surface area contributed by atoms with E-state index in [-0.39, 0.29) is 27.9 Å². The SMILES string of the molecule is C=CCOC(=O)c1sc(N2C(=O)C(=O)C(=C(O)c3ccc(OCC=C)c(C)c3)C2c2ccc(C)cc2)nc1C. The normalized spacial score (nSPS) is 16.3. The first-order valence-electron chi connectivity index (χ1n) is 12.2. The molecule has 2 heterocycles. The number of carbonyl (C=O) groups excluding carboxylic acids is 3. The van der Waals surface area contributed by atoms with Crippen LogP contribution in [0.3, 0.4) is 0 Å². The second kappa shape index (κ2) is 11.5. The molecular formula is C30H28N2O6S. The van der Waals surface area contributed by atoms with Crippen LogP contribution in [0.25, 0.3) is 5.76 Å². The van der Waals surface area contributed by atoms with Crippen molar-refractivity contribution in [3.05, 3.63) is 106 Å². The van der Waals surface area contributed by atoms with Crippen molar-refractivity contribution in [2.45, 2.75) is 26.8 Å². The molecule has 0 spiro atoms. The van der Waals surface area contributed by atoms with Crippen molar-refractivity contribution in [1.82, 2.24) is 4.98 Å². The number of thiazole rings is 1. The van der Waals surface area contributed by atoms with Gasteiger partial charge in [-0.25, -0.2) is 9.78 Å². The molecule has 39 heavy (non-hydrogen) atoms. The van der Waals surface area contributed by atoms with Crippen molar-refractivity contribution in [3.8, 4) is 5.75 Å². The second-order valence-electron chi connectivity index (χ2n) is 8.96. The molecule has 0 aliphatic carbocycles. The molecule has 1 fully saturated rings. The van der Waals surface area contributed by atoms with Gasteiger partial charge in [0.15, 0.2) is 5.13 Å². The van der Waals surface area contributed by atoms with E-state index in [1.807, 2.05) is 26.0 Å². The van der Waals surface area contributed by atoms with Gasteiger partial charge in [0.05, 0.1) is 17.3 Å². The summed E-state index contributed by atoms with van der Waals surface area (Å²) in [5, 5.41) is 11.6. The van der Waals surface area contributed by atoms with Crippen molar-refractivity contribution >= 4 is 39.9 Å². The summed E-state index contributed by atoms with van der Waals surface area (Å²) in [5.74, 6) is -2.03. The second-order valence-corrected chi connectivity index (χ2v) is 9.94. The number of anilines is 1. The molecular weight excluding hydrogens is 516 g/mol. The number of ketones is 1. The maximum atomic E-state index is 13.4. The zero-order chi connectivity index (χ0) is 28.3. The van der Waals surface area contributed by atoms with Gasteiger partial charge in [0.1, 0.15) is 29.6 Å². The van der Waals surface area contributed by atoms with Crippen LogP contribution in [0, 0.1) is 20.8 Å². The number of esters is 1. The maximum Gasteiger partial charge on any atom is 0.350 e. The Bertz CT molecular complexity index is 1500. The molecule has 3 aromatic rings. The van der Waals surface area contributed by atoms with Crippen molar-refractivity contribution in [3.63, 3.8) is 0 Å².